The number of esters is 1. The Morgan fingerprint density at radius 2 is 0.590 bits per heavy atom. The molecule has 6 nitrogen and oxygen atoms in total. The zero-order valence-electron chi connectivity index (χ0n) is 53.2. The quantitative estimate of drug-likeness (QED) is 0.0320. The third-order valence-electron chi connectivity index (χ3n) is 17.1. The van der Waals surface area contributed by atoms with Crippen LogP contribution in [0.5, 0.6) is 0 Å². The van der Waals surface area contributed by atoms with Gasteiger partial charge in [0.2, 0.25) is 5.91 Å². The second-order valence-electron chi connectivity index (χ2n) is 24.9. The van der Waals surface area contributed by atoms with E-state index in [-0.39, 0.29) is 18.5 Å². The average molecular weight is 1100 g/mol. The van der Waals surface area contributed by atoms with Gasteiger partial charge in [-0.3, -0.25) is 9.59 Å². The van der Waals surface area contributed by atoms with Crippen LogP contribution in [0.1, 0.15) is 412 Å². The molecule has 0 aromatic heterocycles. The van der Waals surface area contributed by atoms with Gasteiger partial charge in [0.15, 0.2) is 0 Å². The number of hydrogen-bond donors (Lipinski definition) is 3. The van der Waals surface area contributed by atoms with Gasteiger partial charge in [-0.25, -0.2) is 0 Å². The van der Waals surface area contributed by atoms with E-state index in [2.05, 4.69) is 19.2 Å². The molecular formula is C72H141NO5. The third kappa shape index (κ3) is 63.8. The van der Waals surface area contributed by atoms with E-state index in [0.717, 1.165) is 38.5 Å². The molecule has 3 N–H and O–H groups in total. The van der Waals surface area contributed by atoms with Crippen LogP contribution in [0.4, 0.5) is 0 Å². The standard InChI is InChI=1S/C72H141NO5/c1-3-5-7-9-11-13-15-17-18-19-20-21-22-23-26-29-32-35-38-41-44-48-52-56-60-64-70(75)69(68-74)73-71(76)65-61-57-53-49-45-42-39-36-33-30-27-24-25-28-31-34-37-40-43-47-51-55-59-63-67-78-72(77)66-62-58-54-50-46-16-14-12-10-8-6-4-2/h60,64,69-70,74-75H,3-59,61-63,65-68H2,1-2H3,(H,73,76)/b64-60+. The van der Waals surface area contributed by atoms with Crippen LogP contribution in [0.3, 0.4) is 0 Å². The van der Waals surface area contributed by atoms with E-state index in [9.17, 15) is 19.8 Å². The Morgan fingerprint density at radius 1 is 0.346 bits per heavy atom. The topological polar surface area (TPSA) is 95.9 Å². The molecule has 0 radical (unpaired) electrons. The predicted octanol–water partition coefficient (Wildman–Crippen LogP) is 23.1. The number of amides is 1. The lowest BCUT2D eigenvalue weighted by Crippen LogP contribution is -2.45. The van der Waals surface area contributed by atoms with E-state index >= 15 is 0 Å². The zero-order valence-corrected chi connectivity index (χ0v) is 53.2. The monoisotopic (exact) mass is 1100 g/mol. The van der Waals surface area contributed by atoms with Crippen molar-refractivity contribution in [3.05, 3.63) is 12.2 Å². The summed E-state index contributed by atoms with van der Waals surface area (Å²) in [5.74, 6) is -0.0447. The number of rotatable bonds is 68. The average Bonchev–Trinajstić information content (AvgIpc) is 3.44. The Kier molecular flexibility index (Phi) is 66.9. The van der Waals surface area contributed by atoms with Gasteiger partial charge in [0, 0.05) is 12.8 Å². The summed E-state index contributed by atoms with van der Waals surface area (Å²) in [5, 5.41) is 23.3. The van der Waals surface area contributed by atoms with E-state index in [0.29, 0.717) is 19.4 Å². The van der Waals surface area contributed by atoms with Gasteiger partial charge >= 0.3 is 5.97 Å². The smallest absolute Gasteiger partial charge is 0.305 e. The Balaban J connectivity index is 3.39. The SMILES string of the molecule is CCCCCCCCCCCCCCCCCCCCCCCCC/C=C/C(O)C(CO)NC(=O)CCCCCCCCCCCCCCCCCCCCCCCCCCOC(=O)CCCCCCCCCCCCCC. The number of hydrogen-bond acceptors (Lipinski definition) is 5. The summed E-state index contributed by atoms with van der Waals surface area (Å²) in [7, 11) is 0. The van der Waals surface area contributed by atoms with Crippen molar-refractivity contribution < 1.29 is 24.5 Å². The van der Waals surface area contributed by atoms with Crippen LogP contribution in [-0.2, 0) is 14.3 Å². The fourth-order valence-electron chi connectivity index (χ4n) is 11.6. The second kappa shape index (κ2) is 68.1. The summed E-state index contributed by atoms with van der Waals surface area (Å²) in [5.41, 5.74) is 0. The summed E-state index contributed by atoms with van der Waals surface area (Å²) in [6.07, 6.45) is 84.4. The van der Waals surface area contributed by atoms with E-state index in [4.69, 9.17) is 4.74 Å². The van der Waals surface area contributed by atoms with E-state index in [1.807, 2.05) is 6.08 Å². The molecule has 2 unspecified atom stereocenters. The van der Waals surface area contributed by atoms with E-state index in [1.165, 1.54) is 347 Å². The molecule has 0 heterocycles. The lowest BCUT2D eigenvalue weighted by molar-refractivity contribution is -0.143. The van der Waals surface area contributed by atoms with Gasteiger partial charge in [0.25, 0.3) is 0 Å². The van der Waals surface area contributed by atoms with Gasteiger partial charge in [0.1, 0.15) is 0 Å². The predicted molar refractivity (Wildman–Crippen MR) is 343 cm³/mol. The van der Waals surface area contributed by atoms with Crippen molar-refractivity contribution in [2.45, 2.75) is 424 Å². The number of carbonyl (C=O) groups excluding carboxylic acids is 2. The molecule has 0 saturated carbocycles. The Hall–Kier alpha value is -1.40. The number of aliphatic hydroxyl groups is 2. The first-order valence-corrected chi connectivity index (χ1v) is 36.0. The van der Waals surface area contributed by atoms with Gasteiger partial charge in [-0.2, -0.15) is 0 Å². The minimum Gasteiger partial charge on any atom is -0.466 e. The van der Waals surface area contributed by atoms with Crippen LogP contribution >= 0.6 is 0 Å². The summed E-state index contributed by atoms with van der Waals surface area (Å²) >= 11 is 0. The number of allylic oxidation sites excluding steroid dienone is 1. The van der Waals surface area contributed by atoms with Crippen LogP contribution in [0.15, 0.2) is 12.2 Å². The van der Waals surface area contributed by atoms with Crippen molar-refractivity contribution in [2.24, 2.45) is 0 Å². The maximum Gasteiger partial charge on any atom is 0.305 e. The second-order valence-corrected chi connectivity index (χ2v) is 24.9. The normalized spacial score (nSPS) is 12.5. The van der Waals surface area contributed by atoms with Crippen molar-refractivity contribution >= 4 is 11.9 Å². The van der Waals surface area contributed by atoms with Gasteiger partial charge in [-0.05, 0) is 32.1 Å². The van der Waals surface area contributed by atoms with Gasteiger partial charge in [-0.1, -0.05) is 379 Å². The molecule has 0 fully saturated rings. The van der Waals surface area contributed by atoms with Crippen LogP contribution < -0.4 is 5.32 Å². The maximum atomic E-state index is 12.5. The molecule has 464 valence electrons. The number of unbranched alkanes of at least 4 members (excludes halogenated alkanes) is 57. The molecule has 0 aromatic rings. The first kappa shape index (κ1) is 76.6. The summed E-state index contributed by atoms with van der Waals surface area (Å²) in [4.78, 5) is 24.6. The van der Waals surface area contributed by atoms with Crippen LogP contribution in [0.25, 0.3) is 0 Å². The number of ether oxygens (including phenoxy) is 1. The molecule has 0 aliphatic heterocycles. The van der Waals surface area contributed by atoms with Crippen molar-refractivity contribution in [1.29, 1.82) is 0 Å². The maximum absolute atomic E-state index is 12.5. The molecule has 2 atom stereocenters. The fraction of sp³-hybridized carbons (Fsp3) is 0.944. The minimum atomic E-state index is -0.844. The molecule has 78 heavy (non-hydrogen) atoms. The lowest BCUT2D eigenvalue weighted by Gasteiger charge is -2.20. The lowest BCUT2D eigenvalue weighted by atomic mass is 10.0. The highest BCUT2D eigenvalue weighted by Gasteiger charge is 2.18. The molecule has 1 amide bonds. The highest BCUT2D eigenvalue weighted by molar-refractivity contribution is 5.76. The van der Waals surface area contributed by atoms with Crippen molar-refractivity contribution in [3.8, 4) is 0 Å². The van der Waals surface area contributed by atoms with E-state index in [1.54, 1.807) is 6.08 Å². The molecule has 0 saturated heterocycles. The molecule has 6 heteroatoms. The van der Waals surface area contributed by atoms with Crippen LogP contribution in [0.2, 0.25) is 0 Å². The molecule has 0 aliphatic rings. The first-order valence-electron chi connectivity index (χ1n) is 36.0. The van der Waals surface area contributed by atoms with Crippen LogP contribution in [0, 0.1) is 0 Å². The summed E-state index contributed by atoms with van der Waals surface area (Å²) in [6.45, 7) is 4.95. The fourth-order valence-corrected chi connectivity index (χ4v) is 11.6. The summed E-state index contributed by atoms with van der Waals surface area (Å²) < 4.78 is 5.48. The van der Waals surface area contributed by atoms with Gasteiger partial charge in [0.05, 0.1) is 25.4 Å². The van der Waals surface area contributed by atoms with E-state index < -0.39 is 12.1 Å². The van der Waals surface area contributed by atoms with Crippen LogP contribution in [-0.4, -0.2) is 47.4 Å². The molecule has 0 rings (SSSR count). The molecule has 0 aromatic carbocycles. The highest BCUT2D eigenvalue weighted by atomic mass is 16.5. The van der Waals surface area contributed by atoms with Crippen molar-refractivity contribution in [1.82, 2.24) is 5.32 Å². The van der Waals surface area contributed by atoms with Crippen molar-refractivity contribution in [3.63, 3.8) is 0 Å². The zero-order chi connectivity index (χ0) is 56.4. The van der Waals surface area contributed by atoms with Gasteiger partial charge in [-0.15, -0.1) is 0 Å². The largest absolute Gasteiger partial charge is 0.466 e. The molecule has 0 aliphatic carbocycles. The Labute approximate surface area is 489 Å². The Morgan fingerprint density at radius 3 is 0.872 bits per heavy atom. The van der Waals surface area contributed by atoms with Gasteiger partial charge < -0.3 is 20.3 Å². The summed E-state index contributed by atoms with van der Waals surface area (Å²) in [6, 6.07) is -0.628. The van der Waals surface area contributed by atoms with Crippen molar-refractivity contribution in [2.75, 3.05) is 13.2 Å². The number of nitrogens with one attached hydrogen (secondary N) is 1. The highest BCUT2D eigenvalue weighted by Crippen LogP contribution is 2.19. The molecule has 0 bridgehead atoms. The Bertz CT molecular complexity index is 1180. The number of aliphatic hydroxyl groups excluding tert-OH is 2. The minimum absolute atomic E-state index is 0.0168. The third-order valence-corrected chi connectivity index (χ3v) is 17.1. The molecular weight excluding hydrogens is 959 g/mol. The number of carbonyl (C=O) groups is 2. The molecule has 0 spiro atoms. The first-order chi connectivity index (χ1) is 38.5.